The highest BCUT2D eigenvalue weighted by Gasteiger charge is 2.37. The number of rotatable bonds is 4. The molecule has 24 heavy (non-hydrogen) atoms. The molecule has 3 rings (SSSR count). The van der Waals surface area contributed by atoms with Crippen LogP contribution >= 0.6 is 0 Å². The second-order valence-electron chi connectivity index (χ2n) is 6.90. The van der Waals surface area contributed by atoms with Crippen molar-refractivity contribution in [3.05, 3.63) is 35.4 Å². The molecule has 1 saturated heterocycles. The maximum atomic E-state index is 12.7. The van der Waals surface area contributed by atoms with Gasteiger partial charge in [0.15, 0.2) is 0 Å². The summed E-state index contributed by atoms with van der Waals surface area (Å²) >= 11 is 0. The average Bonchev–Trinajstić information content (AvgIpc) is 3.39. The van der Waals surface area contributed by atoms with Crippen LogP contribution in [0, 0.1) is 0 Å². The molecule has 1 atom stereocenters. The van der Waals surface area contributed by atoms with Gasteiger partial charge in [-0.15, -0.1) is 0 Å². The van der Waals surface area contributed by atoms with Crippen LogP contribution < -0.4 is 5.32 Å². The van der Waals surface area contributed by atoms with Crippen LogP contribution in [0.15, 0.2) is 24.3 Å². The van der Waals surface area contributed by atoms with E-state index in [0.717, 1.165) is 38.9 Å². The molecule has 2 fully saturated rings. The Balaban J connectivity index is 1.53. The minimum atomic E-state index is -4.26. The highest BCUT2D eigenvalue weighted by molar-refractivity contribution is 5.94. The van der Waals surface area contributed by atoms with Gasteiger partial charge in [0.05, 0.1) is 5.92 Å². The summed E-state index contributed by atoms with van der Waals surface area (Å²) in [5.74, 6) is -1.73. The fourth-order valence-corrected chi connectivity index (χ4v) is 3.23. The Morgan fingerprint density at radius 2 is 1.71 bits per heavy atom. The van der Waals surface area contributed by atoms with Crippen molar-refractivity contribution in [2.24, 2.45) is 0 Å². The van der Waals surface area contributed by atoms with E-state index in [2.05, 4.69) is 10.2 Å². The first-order valence-corrected chi connectivity index (χ1v) is 8.56. The van der Waals surface area contributed by atoms with Crippen LogP contribution in [-0.2, 0) is 0 Å². The molecule has 1 amide bonds. The topological polar surface area (TPSA) is 32.3 Å². The van der Waals surface area contributed by atoms with Crippen LogP contribution in [0.3, 0.4) is 0 Å². The standard InChI is InChI=1S/C18H23F3N2O/c1-12(18(19,20)21)13-2-4-14(5-3-13)17(24)22-15-8-10-23(11-9-15)16-6-7-16/h2-5,12,15-16H,6-11H2,1H3,(H,22,24). The lowest BCUT2D eigenvalue weighted by atomic mass is 9.99. The highest BCUT2D eigenvalue weighted by Crippen LogP contribution is 2.34. The van der Waals surface area contributed by atoms with E-state index in [1.54, 1.807) is 0 Å². The van der Waals surface area contributed by atoms with E-state index in [9.17, 15) is 18.0 Å². The fourth-order valence-electron chi connectivity index (χ4n) is 3.23. The van der Waals surface area contributed by atoms with Gasteiger partial charge in [0.25, 0.3) is 5.91 Å². The minimum Gasteiger partial charge on any atom is -0.349 e. The molecule has 1 N–H and O–H groups in total. The van der Waals surface area contributed by atoms with Gasteiger partial charge in [0.2, 0.25) is 0 Å². The SMILES string of the molecule is CC(c1ccc(C(=O)NC2CCN(C3CC3)CC2)cc1)C(F)(F)F. The number of hydrogen-bond donors (Lipinski definition) is 1. The summed E-state index contributed by atoms with van der Waals surface area (Å²) in [5.41, 5.74) is 0.592. The maximum Gasteiger partial charge on any atom is 0.395 e. The quantitative estimate of drug-likeness (QED) is 0.906. The lowest BCUT2D eigenvalue weighted by Crippen LogP contribution is -2.45. The van der Waals surface area contributed by atoms with Gasteiger partial charge in [-0.1, -0.05) is 12.1 Å². The molecule has 0 aromatic heterocycles. The largest absolute Gasteiger partial charge is 0.395 e. The Kier molecular flexibility index (Phi) is 4.85. The zero-order valence-electron chi connectivity index (χ0n) is 13.8. The molecule has 1 aromatic rings. The first kappa shape index (κ1) is 17.3. The van der Waals surface area contributed by atoms with Crippen molar-refractivity contribution in [1.82, 2.24) is 10.2 Å². The van der Waals surface area contributed by atoms with Crippen LogP contribution in [0.2, 0.25) is 0 Å². The lowest BCUT2D eigenvalue weighted by Gasteiger charge is -2.32. The second kappa shape index (κ2) is 6.75. The maximum absolute atomic E-state index is 12.7. The molecular formula is C18H23F3N2O. The Morgan fingerprint density at radius 1 is 1.12 bits per heavy atom. The van der Waals surface area contributed by atoms with Gasteiger partial charge < -0.3 is 10.2 Å². The summed E-state index contributed by atoms with van der Waals surface area (Å²) < 4.78 is 38.1. The summed E-state index contributed by atoms with van der Waals surface area (Å²) in [4.78, 5) is 14.8. The van der Waals surface area contributed by atoms with Crippen molar-refractivity contribution in [2.45, 2.75) is 56.8 Å². The van der Waals surface area contributed by atoms with Crippen molar-refractivity contribution in [3.8, 4) is 0 Å². The third-order valence-corrected chi connectivity index (χ3v) is 5.09. The number of carbonyl (C=O) groups is 1. The summed E-state index contributed by atoms with van der Waals surface area (Å²) in [6.07, 6.45) is 0.190. The Hall–Kier alpha value is -1.56. The first-order valence-electron chi connectivity index (χ1n) is 8.56. The van der Waals surface area contributed by atoms with E-state index < -0.39 is 12.1 Å². The Bertz CT molecular complexity index is 573. The molecule has 2 aliphatic rings. The number of hydrogen-bond acceptors (Lipinski definition) is 2. The van der Waals surface area contributed by atoms with Crippen LogP contribution in [-0.4, -0.2) is 42.2 Å². The molecule has 0 bridgehead atoms. The molecule has 132 valence electrons. The van der Waals surface area contributed by atoms with Gasteiger partial charge in [-0.3, -0.25) is 4.79 Å². The van der Waals surface area contributed by atoms with Crippen molar-refractivity contribution >= 4 is 5.91 Å². The number of likely N-dealkylation sites (tertiary alicyclic amines) is 1. The molecule has 0 radical (unpaired) electrons. The molecule has 1 aromatic carbocycles. The molecule has 1 saturated carbocycles. The van der Waals surface area contributed by atoms with Crippen molar-refractivity contribution in [3.63, 3.8) is 0 Å². The molecule has 1 aliphatic heterocycles. The monoisotopic (exact) mass is 340 g/mol. The lowest BCUT2D eigenvalue weighted by molar-refractivity contribution is -0.146. The third-order valence-electron chi connectivity index (χ3n) is 5.09. The number of nitrogens with zero attached hydrogens (tertiary/aromatic N) is 1. The zero-order valence-corrected chi connectivity index (χ0v) is 13.8. The fraction of sp³-hybridized carbons (Fsp3) is 0.611. The van der Waals surface area contributed by atoms with Crippen LogP contribution in [0.4, 0.5) is 13.2 Å². The molecule has 0 spiro atoms. The number of carbonyl (C=O) groups excluding carboxylic acids is 1. The van der Waals surface area contributed by atoms with Crippen LogP contribution in [0.25, 0.3) is 0 Å². The summed E-state index contributed by atoms with van der Waals surface area (Å²) in [5, 5.41) is 3.01. The summed E-state index contributed by atoms with van der Waals surface area (Å²) in [6.45, 7) is 3.15. The molecule has 6 heteroatoms. The van der Waals surface area contributed by atoms with Crippen LogP contribution in [0.5, 0.6) is 0 Å². The van der Waals surface area contributed by atoms with Gasteiger partial charge in [-0.25, -0.2) is 0 Å². The molecule has 1 unspecified atom stereocenters. The highest BCUT2D eigenvalue weighted by atomic mass is 19.4. The number of piperidine rings is 1. The number of alkyl halides is 3. The van der Waals surface area contributed by atoms with E-state index in [0.29, 0.717) is 5.56 Å². The smallest absolute Gasteiger partial charge is 0.349 e. The predicted molar refractivity (Wildman–Crippen MR) is 86.0 cm³/mol. The number of amides is 1. The number of nitrogens with one attached hydrogen (secondary N) is 1. The van der Waals surface area contributed by atoms with Gasteiger partial charge in [-0.05, 0) is 50.3 Å². The number of benzene rings is 1. The van der Waals surface area contributed by atoms with E-state index >= 15 is 0 Å². The Labute approximate surface area is 140 Å². The van der Waals surface area contributed by atoms with Gasteiger partial charge in [-0.2, -0.15) is 13.2 Å². The second-order valence-corrected chi connectivity index (χ2v) is 6.90. The van der Waals surface area contributed by atoms with Crippen molar-refractivity contribution < 1.29 is 18.0 Å². The molecule has 3 nitrogen and oxygen atoms in total. The normalized spacial score (nSPS) is 21.5. The van der Waals surface area contributed by atoms with Crippen LogP contribution in [0.1, 0.15) is 54.4 Å². The molecule has 1 aliphatic carbocycles. The van der Waals surface area contributed by atoms with Gasteiger partial charge in [0, 0.05) is 30.7 Å². The Morgan fingerprint density at radius 3 is 2.21 bits per heavy atom. The van der Waals surface area contributed by atoms with Gasteiger partial charge in [0.1, 0.15) is 0 Å². The molecule has 1 heterocycles. The zero-order chi connectivity index (χ0) is 17.3. The minimum absolute atomic E-state index is 0.154. The van der Waals surface area contributed by atoms with E-state index in [-0.39, 0.29) is 17.5 Å². The van der Waals surface area contributed by atoms with Crippen molar-refractivity contribution in [2.75, 3.05) is 13.1 Å². The van der Waals surface area contributed by atoms with E-state index in [1.807, 2.05) is 0 Å². The molecular weight excluding hydrogens is 317 g/mol. The van der Waals surface area contributed by atoms with E-state index in [4.69, 9.17) is 0 Å². The van der Waals surface area contributed by atoms with Crippen molar-refractivity contribution in [1.29, 1.82) is 0 Å². The van der Waals surface area contributed by atoms with E-state index in [1.165, 1.54) is 37.1 Å². The average molecular weight is 340 g/mol. The summed E-state index contributed by atoms with van der Waals surface area (Å²) in [6, 6.07) is 6.65. The number of halogens is 3. The predicted octanol–water partition coefficient (Wildman–Crippen LogP) is 3.71. The first-order chi connectivity index (χ1) is 11.3. The summed E-state index contributed by atoms with van der Waals surface area (Å²) in [7, 11) is 0. The third kappa shape index (κ3) is 4.09. The van der Waals surface area contributed by atoms with Gasteiger partial charge >= 0.3 is 6.18 Å².